The summed E-state index contributed by atoms with van der Waals surface area (Å²) >= 11 is 1.99. The summed E-state index contributed by atoms with van der Waals surface area (Å²) in [6, 6.07) is 5.61. The molecule has 2 aromatic heterocycles. The number of thiazole rings is 1. The summed E-state index contributed by atoms with van der Waals surface area (Å²) in [6.45, 7) is 2.98. The number of hydrogen-bond acceptors (Lipinski definition) is 10. The molecule has 1 amide bonds. The highest BCUT2D eigenvalue weighted by Crippen LogP contribution is 2.37. The van der Waals surface area contributed by atoms with E-state index in [1.54, 1.807) is 6.92 Å². The van der Waals surface area contributed by atoms with E-state index in [-0.39, 0.29) is 21.7 Å². The number of azo groups is 1. The maximum atomic E-state index is 11.3. The molecule has 2 aromatic rings. The van der Waals surface area contributed by atoms with E-state index in [1.807, 2.05) is 18.2 Å². The monoisotopic (exact) mass is 356 g/mol. The number of nitriles is 3. The van der Waals surface area contributed by atoms with Gasteiger partial charge < -0.3 is 5.32 Å². The van der Waals surface area contributed by atoms with Gasteiger partial charge in [0.05, 0.1) is 17.8 Å². The molecule has 0 aliphatic carbocycles. The lowest BCUT2D eigenvalue weighted by Crippen LogP contribution is -2.06. The van der Waals surface area contributed by atoms with E-state index in [0.717, 1.165) is 22.9 Å². The van der Waals surface area contributed by atoms with Crippen molar-refractivity contribution < 1.29 is 4.79 Å². The lowest BCUT2D eigenvalue weighted by atomic mass is 10.2. The first-order valence-corrected chi connectivity index (χ1v) is 7.94. The fraction of sp³-hybridized carbons (Fsp3) is 0.231. The van der Waals surface area contributed by atoms with Crippen molar-refractivity contribution in [3.05, 3.63) is 16.3 Å². The van der Waals surface area contributed by atoms with Crippen LogP contribution in [0.4, 0.5) is 15.8 Å². The zero-order valence-electron chi connectivity index (χ0n) is 12.4. The van der Waals surface area contributed by atoms with Gasteiger partial charge in [-0.3, -0.25) is 4.79 Å². The molecule has 0 aromatic carbocycles. The number of anilines is 1. The van der Waals surface area contributed by atoms with Gasteiger partial charge in [-0.25, -0.2) is 4.98 Å². The number of nitrogens with one attached hydrogen (secondary N) is 1. The highest BCUT2D eigenvalue weighted by Gasteiger charge is 2.20. The van der Waals surface area contributed by atoms with Crippen molar-refractivity contribution in [2.75, 3.05) is 5.32 Å². The molecule has 0 unspecified atom stereocenters. The summed E-state index contributed by atoms with van der Waals surface area (Å²) < 4.78 is 4.03. The van der Waals surface area contributed by atoms with Crippen LogP contribution in [0.25, 0.3) is 0 Å². The minimum Gasteiger partial charge on any atom is -0.308 e. The Morgan fingerprint density at radius 1 is 1.25 bits per heavy atom. The third-order valence-corrected chi connectivity index (χ3v) is 4.44. The minimum atomic E-state index is -1.06. The van der Waals surface area contributed by atoms with Gasteiger partial charge >= 0.3 is 0 Å². The number of aryl methyl sites for hydroxylation is 1. The number of carbonyl (C=O) groups is 1. The third kappa shape index (κ3) is 3.58. The molecular formula is C13H8N8OS2. The lowest BCUT2D eigenvalue weighted by molar-refractivity contribution is -0.114. The minimum absolute atomic E-state index is 0.112. The van der Waals surface area contributed by atoms with Crippen LogP contribution in [0, 0.1) is 40.9 Å². The van der Waals surface area contributed by atoms with E-state index >= 15 is 0 Å². The van der Waals surface area contributed by atoms with Crippen molar-refractivity contribution in [3.8, 4) is 18.2 Å². The van der Waals surface area contributed by atoms with Crippen LogP contribution in [-0.2, 0) is 4.79 Å². The fourth-order valence-corrected chi connectivity index (χ4v) is 3.06. The van der Waals surface area contributed by atoms with Gasteiger partial charge in [-0.15, -0.1) is 10.2 Å². The largest absolute Gasteiger partial charge is 0.308 e. The standard InChI is InChI=1S/C13H8N8OS2/c1-6-9(5-16)12(24-21-6)19-20-13-10(17-7(2)22)18-11(23-13)8(3-14)4-15/h8H,1-2H3,(H,17,22)/b20-19+. The van der Waals surface area contributed by atoms with Gasteiger partial charge in [0.25, 0.3) is 0 Å². The Balaban J connectivity index is 2.43. The Labute approximate surface area is 144 Å². The second-order valence-corrected chi connectivity index (χ2v) is 6.10. The van der Waals surface area contributed by atoms with Crippen LogP contribution >= 0.6 is 22.9 Å². The third-order valence-electron chi connectivity index (χ3n) is 2.61. The second kappa shape index (κ2) is 7.38. The Kier molecular flexibility index (Phi) is 5.27. The highest BCUT2D eigenvalue weighted by atomic mass is 32.1. The number of hydrogen-bond donors (Lipinski definition) is 1. The van der Waals surface area contributed by atoms with Crippen molar-refractivity contribution in [1.29, 1.82) is 15.8 Å². The summed E-state index contributed by atoms with van der Waals surface area (Å²) in [5.74, 6) is -1.33. The predicted molar refractivity (Wildman–Crippen MR) is 86.1 cm³/mol. The van der Waals surface area contributed by atoms with Crippen molar-refractivity contribution in [1.82, 2.24) is 9.36 Å². The number of rotatable bonds is 4. The molecule has 0 aliphatic rings. The fourth-order valence-electron chi connectivity index (χ4n) is 1.55. The molecule has 118 valence electrons. The van der Waals surface area contributed by atoms with E-state index in [4.69, 9.17) is 15.8 Å². The molecule has 0 aliphatic heterocycles. The SMILES string of the molecule is CC(=O)Nc1nc(C(C#N)C#N)sc1/N=N/c1snc(C)c1C#N. The topological polar surface area (TPSA) is 151 Å². The van der Waals surface area contributed by atoms with Crippen LogP contribution in [0.1, 0.15) is 29.1 Å². The van der Waals surface area contributed by atoms with Crippen LogP contribution in [-0.4, -0.2) is 15.3 Å². The van der Waals surface area contributed by atoms with Gasteiger partial charge in [-0.1, -0.05) is 11.3 Å². The van der Waals surface area contributed by atoms with Gasteiger partial charge in [-0.2, -0.15) is 20.2 Å². The number of aromatic nitrogens is 2. The van der Waals surface area contributed by atoms with Gasteiger partial charge in [-0.05, 0) is 18.5 Å². The average Bonchev–Trinajstić information content (AvgIpc) is 3.09. The summed E-state index contributed by atoms with van der Waals surface area (Å²) in [6.07, 6.45) is 0. The molecule has 0 spiro atoms. The summed E-state index contributed by atoms with van der Waals surface area (Å²) in [5.41, 5.74) is 0.874. The molecule has 2 rings (SSSR count). The van der Waals surface area contributed by atoms with Gasteiger partial charge in [0.1, 0.15) is 16.6 Å². The Hall–Kier alpha value is -3.20. The zero-order chi connectivity index (χ0) is 17.7. The molecule has 2 heterocycles. The molecule has 0 atom stereocenters. The van der Waals surface area contributed by atoms with Crippen molar-refractivity contribution in [3.63, 3.8) is 0 Å². The Morgan fingerprint density at radius 2 is 1.92 bits per heavy atom. The quantitative estimate of drug-likeness (QED) is 0.830. The maximum absolute atomic E-state index is 11.3. The summed E-state index contributed by atoms with van der Waals surface area (Å²) in [7, 11) is 0. The first-order valence-electron chi connectivity index (χ1n) is 6.35. The normalized spacial score (nSPS) is 10.3. The van der Waals surface area contributed by atoms with Gasteiger partial charge in [0, 0.05) is 6.92 Å². The highest BCUT2D eigenvalue weighted by molar-refractivity contribution is 7.16. The predicted octanol–water partition coefficient (Wildman–Crippen LogP) is 3.28. The smallest absolute Gasteiger partial charge is 0.222 e. The number of nitrogens with zero attached hydrogens (tertiary/aromatic N) is 7. The van der Waals surface area contributed by atoms with Crippen LogP contribution in [0.5, 0.6) is 0 Å². The zero-order valence-corrected chi connectivity index (χ0v) is 14.1. The van der Waals surface area contributed by atoms with Crippen LogP contribution in [0.15, 0.2) is 10.2 Å². The van der Waals surface area contributed by atoms with Crippen LogP contribution < -0.4 is 5.32 Å². The molecule has 24 heavy (non-hydrogen) atoms. The van der Waals surface area contributed by atoms with E-state index in [2.05, 4.69) is 24.9 Å². The maximum Gasteiger partial charge on any atom is 0.222 e. The first-order chi connectivity index (χ1) is 11.5. The van der Waals surface area contributed by atoms with Crippen molar-refractivity contribution in [2.24, 2.45) is 10.2 Å². The van der Waals surface area contributed by atoms with E-state index in [0.29, 0.717) is 16.3 Å². The second-order valence-electron chi connectivity index (χ2n) is 4.34. The van der Waals surface area contributed by atoms with Gasteiger partial charge in [0.2, 0.25) is 5.91 Å². The molecule has 0 fully saturated rings. The Morgan fingerprint density at radius 3 is 2.50 bits per heavy atom. The first kappa shape index (κ1) is 17.2. The van der Waals surface area contributed by atoms with Crippen LogP contribution in [0.2, 0.25) is 0 Å². The van der Waals surface area contributed by atoms with E-state index in [9.17, 15) is 4.79 Å². The molecule has 1 N–H and O–H groups in total. The average molecular weight is 356 g/mol. The van der Waals surface area contributed by atoms with Crippen LogP contribution in [0.3, 0.4) is 0 Å². The van der Waals surface area contributed by atoms with Crippen molar-refractivity contribution >= 4 is 44.6 Å². The van der Waals surface area contributed by atoms with E-state index in [1.165, 1.54) is 6.92 Å². The van der Waals surface area contributed by atoms with Gasteiger partial charge in [0.15, 0.2) is 21.7 Å². The van der Waals surface area contributed by atoms with Crippen molar-refractivity contribution in [2.45, 2.75) is 19.8 Å². The molecule has 0 radical (unpaired) electrons. The lowest BCUT2D eigenvalue weighted by Gasteiger charge is -1.96. The number of amides is 1. The van der Waals surface area contributed by atoms with E-state index < -0.39 is 5.92 Å². The summed E-state index contributed by atoms with van der Waals surface area (Å²) in [4.78, 5) is 15.3. The molecular weight excluding hydrogens is 348 g/mol. The molecule has 9 nitrogen and oxygen atoms in total. The number of carbonyl (C=O) groups excluding carboxylic acids is 1. The molecule has 0 saturated heterocycles. The molecule has 0 saturated carbocycles. The summed E-state index contributed by atoms with van der Waals surface area (Å²) in [5, 5.41) is 38.2. The Bertz CT molecular complexity index is 923. The molecule has 0 bridgehead atoms. The molecule has 11 heteroatoms.